The number of anilines is 1. The minimum Gasteiger partial charge on any atom is -0.493 e. The Balaban J connectivity index is 1.24. The number of non-ortho nitro benzene ring substituents is 1. The molecule has 3 aromatic carbocycles. The number of sulfonamides is 1. The van der Waals surface area contributed by atoms with Crippen LogP contribution in [-0.4, -0.2) is 25.1 Å². The molecule has 1 unspecified atom stereocenters. The lowest BCUT2D eigenvalue weighted by Gasteiger charge is -2.27. The highest BCUT2D eigenvalue weighted by Crippen LogP contribution is 2.38. The van der Waals surface area contributed by atoms with Crippen molar-refractivity contribution in [1.82, 2.24) is 5.16 Å². The first-order valence-corrected chi connectivity index (χ1v) is 16.0. The fraction of sp³-hybridized carbons (Fsp3) is 0.303. The van der Waals surface area contributed by atoms with Crippen molar-refractivity contribution >= 4 is 32.6 Å². The van der Waals surface area contributed by atoms with E-state index < -0.39 is 21.0 Å². The van der Waals surface area contributed by atoms with Crippen molar-refractivity contribution < 1.29 is 27.0 Å². The molecule has 6 rings (SSSR count). The van der Waals surface area contributed by atoms with Crippen LogP contribution >= 0.6 is 0 Å². The Morgan fingerprint density at radius 3 is 2.32 bits per heavy atom. The molecular weight excluding hydrogens is 582 g/mol. The van der Waals surface area contributed by atoms with Crippen LogP contribution in [0.25, 0.3) is 11.0 Å². The van der Waals surface area contributed by atoms with Gasteiger partial charge in [-0.15, -0.1) is 0 Å². The SMILES string of the molecule is Cc1noc(N(C(C)c2cc3ccc(CCc4ccc(OCC5CC5)cc4)cc3o2)S(=O)(=O)c2ccc([N+](=O)[O-])cc2)c1C. The average Bonchev–Trinajstić information content (AvgIpc) is 3.67. The summed E-state index contributed by atoms with van der Waals surface area (Å²) in [6, 6.07) is 20.0. The van der Waals surface area contributed by atoms with Crippen LogP contribution in [0.15, 0.2) is 86.6 Å². The summed E-state index contributed by atoms with van der Waals surface area (Å²) < 4.78 is 46.7. The number of nitro groups is 1. The van der Waals surface area contributed by atoms with Gasteiger partial charge in [-0.2, -0.15) is 0 Å². The van der Waals surface area contributed by atoms with Crippen LogP contribution in [0.3, 0.4) is 0 Å². The maximum atomic E-state index is 14.0. The van der Waals surface area contributed by atoms with Gasteiger partial charge in [0.25, 0.3) is 15.7 Å². The van der Waals surface area contributed by atoms with E-state index in [0.29, 0.717) is 28.5 Å². The number of nitrogens with zero attached hydrogens (tertiary/aromatic N) is 3. The Kier molecular flexibility index (Phi) is 7.89. The summed E-state index contributed by atoms with van der Waals surface area (Å²) in [5.41, 5.74) is 3.85. The molecule has 0 amide bonds. The predicted octanol–water partition coefficient (Wildman–Crippen LogP) is 7.48. The minimum atomic E-state index is -4.24. The largest absolute Gasteiger partial charge is 0.493 e. The number of aromatic nitrogens is 1. The second kappa shape index (κ2) is 11.8. The number of hydrogen-bond acceptors (Lipinski definition) is 8. The molecule has 0 saturated heterocycles. The molecule has 0 N–H and O–H groups in total. The van der Waals surface area contributed by atoms with Crippen LogP contribution < -0.4 is 9.04 Å². The van der Waals surface area contributed by atoms with Crippen LogP contribution in [0.1, 0.15) is 54.0 Å². The van der Waals surface area contributed by atoms with Crippen LogP contribution in [0.2, 0.25) is 0 Å². The number of aryl methyl sites for hydroxylation is 3. The summed E-state index contributed by atoms with van der Waals surface area (Å²) >= 11 is 0. The normalized spacial score (nSPS) is 14.1. The molecule has 0 aliphatic heterocycles. The zero-order valence-electron chi connectivity index (χ0n) is 24.7. The van der Waals surface area contributed by atoms with Crippen molar-refractivity contribution in [3.8, 4) is 5.75 Å². The highest BCUT2D eigenvalue weighted by molar-refractivity contribution is 7.92. The van der Waals surface area contributed by atoms with E-state index in [9.17, 15) is 18.5 Å². The summed E-state index contributed by atoms with van der Waals surface area (Å²) in [4.78, 5) is 10.4. The Morgan fingerprint density at radius 1 is 1.00 bits per heavy atom. The van der Waals surface area contributed by atoms with Crippen molar-refractivity contribution in [1.29, 1.82) is 0 Å². The molecule has 0 bridgehead atoms. The molecule has 228 valence electrons. The van der Waals surface area contributed by atoms with E-state index in [0.717, 1.165) is 52.6 Å². The van der Waals surface area contributed by atoms with Crippen LogP contribution in [0, 0.1) is 29.9 Å². The van der Waals surface area contributed by atoms with Gasteiger partial charge in [0.05, 0.1) is 22.1 Å². The summed E-state index contributed by atoms with van der Waals surface area (Å²) in [5.74, 6) is 2.09. The van der Waals surface area contributed by atoms with Gasteiger partial charge in [0, 0.05) is 23.1 Å². The van der Waals surface area contributed by atoms with Crippen LogP contribution in [-0.2, 0) is 22.9 Å². The van der Waals surface area contributed by atoms with Gasteiger partial charge in [-0.3, -0.25) is 10.1 Å². The fourth-order valence-corrected chi connectivity index (χ4v) is 6.68. The Labute approximate surface area is 255 Å². The van der Waals surface area contributed by atoms with E-state index in [4.69, 9.17) is 13.7 Å². The maximum Gasteiger partial charge on any atom is 0.269 e. The summed E-state index contributed by atoms with van der Waals surface area (Å²) in [6.45, 7) is 5.95. The van der Waals surface area contributed by atoms with E-state index in [1.807, 2.05) is 30.3 Å². The Hall–Kier alpha value is -4.64. The number of benzene rings is 3. The Bertz CT molecular complexity index is 1910. The number of fused-ring (bicyclic) bond motifs is 1. The molecule has 11 heteroatoms. The van der Waals surface area contributed by atoms with Crippen LogP contribution in [0.4, 0.5) is 11.6 Å². The molecule has 44 heavy (non-hydrogen) atoms. The zero-order valence-corrected chi connectivity index (χ0v) is 25.5. The van der Waals surface area contributed by atoms with Crippen molar-refractivity contribution in [2.24, 2.45) is 5.92 Å². The first-order valence-electron chi connectivity index (χ1n) is 14.6. The lowest BCUT2D eigenvalue weighted by atomic mass is 10.0. The van der Waals surface area contributed by atoms with Gasteiger partial charge in [0.15, 0.2) is 0 Å². The van der Waals surface area contributed by atoms with Gasteiger partial charge in [0.2, 0.25) is 5.88 Å². The molecule has 10 nitrogen and oxygen atoms in total. The maximum absolute atomic E-state index is 14.0. The van der Waals surface area contributed by atoms with Crippen molar-refractivity contribution in [2.45, 2.75) is 57.4 Å². The third-order valence-corrected chi connectivity index (χ3v) is 9.98. The lowest BCUT2D eigenvalue weighted by Crippen LogP contribution is -2.33. The number of ether oxygens (including phenoxy) is 1. The third kappa shape index (κ3) is 6.05. The number of hydrogen-bond donors (Lipinski definition) is 0. The summed E-state index contributed by atoms with van der Waals surface area (Å²) in [7, 11) is -4.24. The van der Waals surface area contributed by atoms with E-state index >= 15 is 0 Å². The van der Waals surface area contributed by atoms with Gasteiger partial charge in [-0.1, -0.05) is 29.4 Å². The van der Waals surface area contributed by atoms with E-state index in [1.54, 1.807) is 20.8 Å². The Morgan fingerprint density at radius 2 is 1.68 bits per heavy atom. The number of furan rings is 1. The molecule has 5 aromatic rings. The monoisotopic (exact) mass is 615 g/mol. The molecular formula is C33H33N3O7S. The van der Waals surface area contributed by atoms with E-state index in [2.05, 4.69) is 23.4 Å². The molecule has 2 aromatic heterocycles. The average molecular weight is 616 g/mol. The molecule has 2 heterocycles. The van der Waals surface area contributed by atoms with E-state index in [1.165, 1.54) is 30.5 Å². The lowest BCUT2D eigenvalue weighted by molar-refractivity contribution is -0.384. The topological polar surface area (TPSA) is 129 Å². The summed E-state index contributed by atoms with van der Waals surface area (Å²) in [5, 5.41) is 16.0. The van der Waals surface area contributed by atoms with Gasteiger partial charge in [-0.05, 0) is 99.9 Å². The van der Waals surface area contributed by atoms with Crippen molar-refractivity contribution in [3.63, 3.8) is 0 Å². The van der Waals surface area contributed by atoms with Gasteiger partial charge in [0.1, 0.15) is 23.1 Å². The molecule has 1 aliphatic rings. The first-order chi connectivity index (χ1) is 21.1. The quantitative estimate of drug-likeness (QED) is 0.104. The predicted molar refractivity (Wildman–Crippen MR) is 165 cm³/mol. The van der Waals surface area contributed by atoms with Gasteiger partial charge in [-0.25, -0.2) is 12.7 Å². The van der Waals surface area contributed by atoms with Crippen molar-refractivity contribution in [2.75, 3.05) is 10.9 Å². The smallest absolute Gasteiger partial charge is 0.269 e. The molecule has 1 fully saturated rings. The second-order valence-electron chi connectivity index (χ2n) is 11.3. The zero-order chi connectivity index (χ0) is 31.0. The highest BCUT2D eigenvalue weighted by Gasteiger charge is 2.36. The molecule has 0 spiro atoms. The minimum absolute atomic E-state index is 0.0541. The molecule has 1 atom stereocenters. The number of nitro benzene ring substituents is 1. The molecule has 1 saturated carbocycles. The van der Waals surface area contributed by atoms with E-state index in [-0.39, 0.29) is 16.5 Å². The highest BCUT2D eigenvalue weighted by atomic mass is 32.2. The fourth-order valence-electron chi connectivity index (χ4n) is 5.07. The third-order valence-electron chi connectivity index (χ3n) is 8.11. The number of rotatable bonds is 12. The van der Waals surface area contributed by atoms with Crippen LogP contribution in [0.5, 0.6) is 5.75 Å². The van der Waals surface area contributed by atoms with Gasteiger partial charge < -0.3 is 13.7 Å². The molecule has 0 radical (unpaired) electrons. The van der Waals surface area contributed by atoms with Crippen molar-refractivity contribution in [3.05, 3.63) is 111 Å². The standard InChI is InChI=1S/C33H33N3O7S/c1-21-22(2)34-43-33(21)35(44(39,40)30-16-12-28(13-17-30)36(37)38)23(3)31-19-27-11-8-25(18-32(27)42-31)5-4-24-9-14-29(15-10-24)41-20-26-6-7-26/h8-19,23,26H,4-7,20H2,1-3H3. The van der Waals surface area contributed by atoms with Gasteiger partial charge >= 0.3 is 0 Å². The first kappa shape index (κ1) is 29.4. The molecule has 1 aliphatic carbocycles. The summed E-state index contributed by atoms with van der Waals surface area (Å²) in [6.07, 6.45) is 4.18. The second-order valence-corrected chi connectivity index (χ2v) is 13.2.